The molecule has 0 bridgehead atoms. The first kappa shape index (κ1) is 18.4. The van der Waals surface area contributed by atoms with Crippen molar-refractivity contribution < 1.29 is 19.0 Å². The number of methoxy groups -OCH3 is 2. The molecule has 0 aliphatic carbocycles. The smallest absolute Gasteiger partial charge is 0.307 e. The highest BCUT2D eigenvalue weighted by Gasteiger charge is 2.10. The molecule has 0 aliphatic heterocycles. The van der Waals surface area contributed by atoms with Gasteiger partial charge in [-0.3, -0.25) is 9.59 Å². The van der Waals surface area contributed by atoms with Crippen molar-refractivity contribution in [3.05, 3.63) is 58.4 Å². The number of aromatic nitrogens is 3. The molecular formula is C19H19N3O5. The molecule has 0 spiro atoms. The van der Waals surface area contributed by atoms with Gasteiger partial charge in [-0.05, 0) is 36.2 Å². The molecule has 2 aromatic carbocycles. The Balaban J connectivity index is 1.59. The van der Waals surface area contributed by atoms with Crippen LogP contribution in [0.2, 0.25) is 0 Å². The fourth-order valence-electron chi connectivity index (χ4n) is 2.60. The van der Waals surface area contributed by atoms with E-state index in [4.69, 9.17) is 14.2 Å². The molecule has 8 heteroatoms. The Bertz CT molecular complexity index is 1020. The fraction of sp³-hybridized carbons (Fsp3) is 0.263. The van der Waals surface area contributed by atoms with Gasteiger partial charge in [-0.15, -0.1) is 5.10 Å². The molecule has 27 heavy (non-hydrogen) atoms. The number of fused-ring (bicyclic) bond motifs is 1. The van der Waals surface area contributed by atoms with Crippen LogP contribution >= 0.6 is 0 Å². The predicted molar refractivity (Wildman–Crippen MR) is 97.8 cm³/mol. The van der Waals surface area contributed by atoms with E-state index >= 15 is 0 Å². The molecule has 1 aromatic heterocycles. The summed E-state index contributed by atoms with van der Waals surface area (Å²) in [5.41, 5.74) is 1.05. The van der Waals surface area contributed by atoms with Gasteiger partial charge >= 0.3 is 5.97 Å². The van der Waals surface area contributed by atoms with Gasteiger partial charge in [0.25, 0.3) is 5.56 Å². The highest BCUT2D eigenvalue weighted by Crippen LogP contribution is 2.27. The number of aryl methyl sites for hydroxylation is 1. The molecule has 3 aromatic rings. The molecule has 3 rings (SSSR count). The molecule has 0 fully saturated rings. The monoisotopic (exact) mass is 369 g/mol. The Hall–Kier alpha value is -3.42. The van der Waals surface area contributed by atoms with Crippen LogP contribution in [-0.4, -0.2) is 35.2 Å². The van der Waals surface area contributed by atoms with Crippen LogP contribution in [0.15, 0.2) is 47.3 Å². The number of hydrogen-bond donors (Lipinski definition) is 0. The first-order valence-corrected chi connectivity index (χ1v) is 8.31. The minimum Gasteiger partial charge on any atom is -0.493 e. The highest BCUT2D eigenvalue weighted by atomic mass is 16.5. The quantitative estimate of drug-likeness (QED) is 0.588. The van der Waals surface area contributed by atoms with E-state index in [1.165, 1.54) is 0 Å². The Morgan fingerprint density at radius 2 is 1.85 bits per heavy atom. The number of nitrogens with zero attached hydrogens (tertiary/aromatic N) is 3. The van der Waals surface area contributed by atoms with Crippen LogP contribution in [-0.2, 0) is 22.7 Å². The van der Waals surface area contributed by atoms with Crippen LogP contribution in [0, 0.1) is 0 Å². The lowest BCUT2D eigenvalue weighted by Gasteiger charge is -2.10. The van der Waals surface area contributed by atoms with Gasteiger partial charge in [-0.25, -0.2) is 0 Å². The first-order valence-electron chi connectivity index (χ1n) is 8.31. The molecular weight excluding hydrogens is 350 g/mol. The number of ether oxygens (including phenoxy) is 3. The van der Waals surface area contributed by atoms with Gasteiger partial charge in [0.1, 0.15) is 5.52 Å². The van der Waals surface area contributed by atoms with Crippen LogP contribution in [0.5, 0.6) is 11.5 Å². The third-order valence-corrected chi connectivity index (χ3v) is 4.04. The Kier molecular flexibility index (Phi) is 5.65. The SMILES string of the molecule is COc1ccc(CCC(=O)OCn2nnc3ccccc3c2=O)cc1OC. The zero-order valence-electron chi connectivity index (χ0n) is 15.0. The van der Waals surface area contributed by atoms with E-state index in [0.29, 0.717) is 28.8 Å². The molecule has 1 heterocycles. The lowest BCUT2D eigenvalue weighted by molar-refractivity contribution is -0.148. The Morgan fingerprint density at radius 1 is 1.07 bits per heavy atom. The first-order chi connectivity index (χ1) is 13.1. The number of rotatable bonds is 7. The number of carbonyl (C=O) groups excluding carboxylic acids is 1. The molecule has 0 N–H and O–H groups in total. The van der Waals surface area contributed by atoms with Gasteiger partial charge in [0, 0.05) is 6.42 Å². The number of benzene rings is 2. The summed E-state index contributed by atoms with van der Waals surface area (Å²) in [6.07, 6.45) is 0.628. The van der Waals surface area contributed by atoms with Gasteiger partial charge in [0.2, 0.25) is 0 Å². The summed E-state index contributed by atoms with van der Waals surface area (Å²) < 4.78 is 16.6. The number of carbonyl (C=O) groups is 1. The maximum absolute atomic E-state index is 12.3. The lowest BCUT2D eigenvalue weighted by atomic mass is 10.1. The van der Waals surface area contributed by atoms with Crippen LogP contribution in [0.3, 0.4) is 0 Å². The predicted octanol–water partition coefficient (Wildman–Crippen LogP) is 1.94. The molecule has 0 saturated carbocycles. The maximum atomic E-state index is 12.3. The number of esters is 1. The summed E-state index contributed by atoms with van der Waals surface area (Å²) in [5, 5.41) is 8.15. The second-order valence-electron chi connectivity index (χ2n) is 5.75. The van der Waals surface area contributed by atoms with Gasteiger partial charge < -0.3 is 14.2 Å². The van der Waals surface area contributed by atoms with E-state index < -0.39 is 5.97 Å². The van der Waals surface area contributed by atoms with E-state index in [2.05, 4.69) is 10.3 Å². The fourth-order valence-corrected chi connectivity index (χ4v) is 2.60. The summed E-state index contributed by atoms with van der Waals surface area (Å²) in [6.45, 7) is -0.276. The molecule has 0 saturated heterocycles. The minimum absolute atomic E-state index is 0.158. The van der Waals surface area contributed by atoms with Gasteiger partial charge in [0.05, 0.1) is 19.6 Å². The summed E-state index contributed by atoms with van der Waals surface area (Å²) in [4.78, 5) is 24.3. The lowest BCUT2D eigenvalue weighted by Crippen LogP contribution is -2.26. The zero-order chi connectivity index (χ0) is 19.2. The van der Waals surface area contributed by atoms with Crippen LogP contribution in [0.4, 0.5) is 0 Å². The van der Waals surface area contributed by atoms with E-state index in [-0.39, 0.29) is 18.7 Å². The summed E-state index contributed by atoms with van der Waals surface area (Å²) in [5.74, 6) is 0.783. The average Bonchev–Trinajstić information content (AvgIpc) is 2.71. The Morgan fingerprint density at radius 3 is 2.63 bits per heavy atom. The van der Waals surface area contributed by atoms with E-state index in [0.717, 1.165) is 10.2 Å². The largest absolute Gasteiger partial charge is 0.493 e. The second-order valence-corrected chi connectivity index (χ2v) is 5.75. The standard InChI is InChI=1S/C19H19N3O5/c1-25-16-9-7-13(11-17(16)26-2)8-10-18(23)27-12-22-19(24)14-5-3-4-6-15(14)20-21-22/h3-7,9,11H,8,10,12H2,1-2H3. The van der Waals surface area contributed by atoms with E-state index in [1.807, 2.05) is 12.1 Å². The topological polar surface area (TPSA) is 92.5 Å². The van der Waals surface area contributed by atoms with Crippen LogP contribution < -0.4 is 15.0 Å². The second kappa shape index (κ2) is 8.31. The maximum Gasteiger partial charge on any atom is 0.307 e. The van der Waals surface area contributed by atoms with Crippen molar-refractivity contribution in [3.8, 4) is 11.5 Å². The van der Waals surface area contributed by atoms with E-state index in [9.17, 15) is 9.59 Å². The zero-order valence-corrected chi connectivity index (χ0v) is 15.0. The van der Waals surface area contributed by atoms with Crippen molar-refractivity contribution in [2.45, 2.75) is 19.6 Å². The normalized spacial score (nSPS) is 10.6. The molecule has 8 nitrogen and oxygen atoms in total. The summed E-state index contributed by atoms with van der Waals surface area (Å²) >= 11 is 0. The Labute approximate surface area is 155 Å². The van der Waals surface area contributed by atoms with Crippen molar-refractivity contribution in [2.24, 2.45) is 0 Å². The van der Waals surface area contributed by atoms with E-state index in [1.54, 1.807) is 44.6 Å². The molecule has 0 atom stereocenters. The molecule has 0 aliphatic rings. The van der Waals surface area contributed by atoms with Crippen LogP contribution in [0.1, 0.15) is 12.0 Å². The molecule has 140 valence electrons. The van der Waals surface area contributed by atoms with Crippen molar-refractivity contribution in [3.63, 3.8) is 0 Å². The number of hydrogen-bond acceptors (Lipinski definition) is 7. The molecule has 0 radical (unpaired) electrons. The molecule has 0 amide bonds. The van der Waals surface area contributed by atoms with Crippen molar-refractivity contribution in [2.75, 3.05) is 14.2 Å². The van der Waals surface area contributed by atoms with Gasteiger partial charge in [-0.1, -0.05) is 23.4 Å². The average molecular weight is 369 g/mol. The highest BCUT2D eigenvalue weighted by molar-refractivity contribution is 5.76. The van der Waals surface area contributed by atoms with Gasteiger partial charge in [0.15, 0.2) is 18.2 Å². The van der Waals surface area contributed by atoms with Crippen molar-refractivity contribution >= 4 is 16.9 Å². The summed E-state index contributed by atoms with van der Waals surface area (Å²) in [6, 6.07) is 12.3. The van der Waals surface area contributed by atoms with Crippen molar-refractivity contribution in [1.29, 1.82) is 0 Å². The van der Waals surface area contributed by atoms with Crippen molar-refractivity contribution in [1.82, 2.24) is 15.0 Å². The third-order valence-electron chi connectivity index (χ3n) is 4.04. The summed E-state index contributed by atoms with van der Waals surface area (Å²) in [7, 11) is 3.12. The minimum atomic E-state index is -0.438. The molecule has 0 unspecified atom stereocenters. The third kappa shape index (κ3) is 4.22. The van der Waals surface area contributed by atoms with Gasteiger partial charge in [-0.2, -0.15) is 4.68 Å². The van der Waals surface area contributed by atoms with Crippen LogP contribution in [0.25, 0.3) is 10.9 Å².